The third kappa shape index (κ3) is 18.6. The van der Waals surface area contributed by atoms with Gasteiger partial charge in [-0.15, -0.1) is 0 Å². The second-order valence-corrected chi connectivity index (χ2v) is 13.6. The van der Waals surface area contributed by atoms with Crippen molar-refractivity contribution in [2.24, 2.45) is 29.0 Å². The van der Waals surface area contributed by atoms with E-state index in [-0.39, 0.29) is 19.4 Å². The van der Waals surface area contributed by atoms with Crippen LogP contribution in [0.5, 0.6) is 0 Å². The first kappa shape index (κ1) is 49.6. The van der Waals surface area contributed by atoms with E-state index in [1.54, 1.807) is 27.7 Å². The van der Waals surface area contributed by atoms with Crippen LogP contribution in [0.1, 0.15) is 92.4 Å². The van der Waals surface area contributed by atoms with E-state index in [0.29, 0.717) is 38.6 Å². The Morgan fingerprint density at radius 1 is 0.556 bits per heavy atom. The molecular formula is C34H63N9O11. The van der Waals surface area contributed by atoms with E-state index in [4.69, 9.17) is 17.2 Å². The third-order valence-corrected chi connectivity index (χ3v) is 8.73. The van der Waals surface area contributed by atoms with Gasteiger partial charge in [-0.3, -0.25) is 33.6 Å². The third-order valence-electron chi connectivity index (χ3n) is 8.73. The number of aliphatic carboxylic acids is 2. The molecule has 0 radical (unpaired) electrons. The van der Waals surface area contributed by atoms with Gasteiger partial charge in [-0.2, -0.15) is 0 Å². The Hall–Kier alpha value is -4.40. The van der Waals surface area contributed by atoms with Crippen molar-refractivity contribution in [2.75, 3.05) is 19.6 Å². The van der Waals surface area contributed by atoms with Gasteiger partial charge in [0.15, 0.2) is 0 Å². The molecule has 0 aliphatic carbocycles. The molecule has 54 heavy (non-hydrogen) atoms. The van der Waals surface area contributed by atoms with Gasteiger partial charge < -0.3 is 64.4 Å². The van der Waals surface area contributed by atoms with E-state index < -0.39 is 121 Å². The topological polar surface area (TPSA) is 347 Å². The minimum atomic E-state index is -1.50. The van der Waals surface area contributed by atoms with E-state index >= 15 is 0 Å². The molecule has 8 atom stereocenters. The number of carboxylic acids is 2. The molecule has 0 saturated heterocycles. The molecule has 0 unspecified atom stereocenters. The molecule has 0 spiro atoms. The van der Waals surface area contributed by atoms with E-state index in [1.165, 1.54) is 6.92 Å². The summed E-state index contributed by atoms with van der Waals surface area (Å²) in [5, 5.41) is 44.0. The maximum absolute atomic E-state index is 13.7. The molecule has 0 bridgehead atoms. The standard InChI is InChI=1S/C34H63N9O11/c1-6-19(4)27(32(51)40-23(34(53)54)12-8-10-16-36)43-30(49)22(13-14-25(46)47)39-31(50)26(18(2)3)42-29(48)21(11-7-9-15-35)38-33(52)28(20(5)44)41-24(45)17-37/h18-23,26-28,44H,6-17,35-37H2,1-5H3,(H,38,52)(H,39,50)(H,40,51)(H,41,45)(H,42,48)(H,43,49)(H,46,47)(H,53,54)/t19-,20+,21-,22-,23-,26-,27-,28-/m0/s1. The fraction of sp³-hybridized carbons (Fsp3) is 0.765. The summed E-state index contributed by atoms with van der Waals surface area (Å²) >= 11 is 0. The maximum atomic E-state index is 13.7. The number of hydrogen-bond donors (Lipinski definition) is 12. The van der Waals surface area contributed by atoms with Crippen LogP contribution in [0.25, 0.3) is 0 Å². The second kappa shape index (κ2) is 26.4. The van der Waals surface area contributed by atoms with E-state index in [9.17, 15) is 53.7 Å². The van der Waals surface area contributed by atoms with Crippen LogP contribution in [0.2, 0.25) is 0 Å². The molecule has 0 saturated carbocycles. The molecule has 310 valence electrons. The molecular weight excluding hydrogens is 710 g/mol. The summed E-state index contributed by atoms with van der Waals surface area (Å²) < 4.78 is 0. The number of amides is 6. The van der Waals surface area contributed by atoms with Crippen molar-refractivity contribution in [3.63, 3.8) is 0 Å². The Bertz CT molecular complexity index is 1250. The number of carboxylic acid groups (broad SMARTS) is 2. The predicted molar refractivity (Wildman–Crippen MR) is 197 cm³/mol. The second-order valence-electron chi connectivity index (χ2n) is 13.6. The van der Waals surface area contributed by atoms with Crippen LogP contribution in [0.4, 0.5) is 0 Å². The van der Waals surface area contributed by atoms with Gasteiger partial charge in [-0.25, -0.2) is 4.79 Å². The summed E-state index contributed by atoms with van der Waals surface area (Å²) in [4.78, 5) is 102. The first-order valence-electron chi connectivity index (χ1n) is 18.4. The average molecular weight is 774 g/mol. The van der Waals surface area contributed by atoms with Crippen LogP contribution in [-0.4, -0.2) is 125 Å². The van der Waals surface area contributed by atoms with Crippen molar-refractivity contribution in [1.29, 1.82) is 0 Å². The first-order valence-corrected chi connectivity index (χ1v) is 18.4. The highest BCUT2D eigenvalue weighted by Gasteiger charge is 2.36. The van der Waals surface area contributed by atoms with Crippen LogP contribution in [-0.2, 0) is 38.4 Å². The Balaban J connectivity index is 6.28. The lowest BCUT2D eigenvalue weighted by Gasteiger charge is -2.30. The predicted octanol–water partition coefficient (Wildman–Crippen LogP) is -2.86. The van der Waals surface area contributed by atoms with Gasteiger partial charge in [-0.05, 0) is 76.8 Å². The smallest absolute Gasteiger partial charge is 0.326 e. The van der Waals surface area contributed by atoms with Gasteiger partial charge in [-0.1, -0.05) is 34.1 Å². The normalized spacial score (nSPS) is 15.6. The zero-order valence-corrected chi connectivity index (χ0v) is 32.0. The highest BCUT2D eigenvalue weighted by molar-refractivity contribution is 5.97. The Morgan fingerprint density at radius 2 is 1.00 bits per heavy atom. The van der Waals surface area contributed by atoms with Gasteiger partial charge in [0.2, 0.25) is 35.4 Å². The number of hydrogen-bond acceptors (Lipinski definition) is 12. The zero-order valence-electron chi connectivity index (χ0n) is 32.0. The van der Waals surface area contributed by atoms with Crippen molar-refractivity contribution in [3.05, 3.63) is 0 Å². The molecule has 6 amide bonds. The van der Waals surface area contributed by atoms with Gasteiger partial charge in [0.1, 0.15) is 36.3 Å². The molecule has 0 fully saturated rings. The van der Waals surface area contributed by atoms with Crippen molar-refractivity contribution < 1.29 is 53.7 Å². The molecule has 0 aliphatic heterocycles. The average Bonchev–Trinajstić information content (AvgIpc) is 3.11. The Labute approximate surface area is 316 Å². The summed E-state index contributed by atoms with van der Waals surface area (Å²) in [5.74, 6) is -8.63. The van der Waals surface area contributed by atoms with E-state index in [1.807, 2.05) is 0 Å². The number of unbranched alkanes of at least 4 members (excludes halogenated alkanes) is 2. The molecule has 0 heterocycles. The summed E-state index contributed by atoms with van der Waals surface area (Å²) in [6.07, 6.45) is 0.0736. The molecule has 0 rings (SSSR count). The molecule has 0 aromatic carbocycles. The minimum absolute atomic E-state index is 0.0665. The number of carbonyl (C=O) groups excluding carboxylic acids is 6. The zero-order chi connectivity index (χ0) is 41.5. The highest BCUT2D eigenvalue weighted by atomic mass is 16.4. The maximum Gasteiger partial charge on any atom is 0.326 e. The molecule has 15 N–H and O–H groups in total. The number of nitrogens with one attached hydrogen (secondary N) is 6. The van der Waals surface area contributed by atoms with Crippen molar-refractivity contribution in [1.82, 2.24) is 31.9 Å². The van der Waals surface area contributed by atoms with Crippen molar-refractivity contribution >= 4 is 47.4 Å². The summed E-state index contributed by atoms with van der Waals surface area (Å²) in [6, 6.07) is -8.01. The summed E-state index contributed by atoms with van der Waals surface area (Å²) in [5.41, 5.74) is 16.4. The minimum Gasteiger partial charge on any atom is -0.481 e. The Morgan fingerprint density at radius 3 is 1.43 bits per heavy atom. The fourth-order valence-electron chi connectivity index (χ4n) is 5.22. The van der Waals surface area contributed by atoms with Crippen LogP contribution >= 0.6 is 0 Å². The van der Waals surface area contributed by atoms with E-state index in [0.717, 1.165) is 0 Å². The first-order chi connectivity index (χ1) is 25.3. The number of aliphatic hydroxyl groups excluding tert-OH is 1. The van der Waals surface area contributed by atoms with Gasteiger partial charge in [0.25, 0.3) is 0 Å². The molecule has 20 nitrogen and oxygen atoms in total. The summed E-state index contributed by atoms with van der Waals surface area (Å²) in [7, 11) is 0. The van der Waals surface area contributed by atoms with Crippen LogP contribution in [0.3, 0.4) is 0 Å². The Kier molecular flexibility index (Phi) is 24.2. The van der Waals surface area contributed by atoms with E-state index in [2.05, 4.69) is 31.9 Å². The summed E-state index contributed by atoms with van der Waals surface area (Å²) in [6.45, 7) is 8.03. The number of nitrogens with two attached hydrogens (primary N) is 3. The van der Waals surface area contributed by atoms with Gasteiger partial charge >= 0.3 is 11.9 Å². The van der Waals surface area contributed by atoms with Gasteiger partial charge in [0.05, 0.1) is 12.6 Å². The molecule has 0 aromatic heterocycles. The quantitative estimate of drug-likeness (QED) is 0.0356. The van der Waals surface area contributed by atoms with Crippen LogP contribution < -0.4 is 49.1 Å². The largest absolute Gasteiger partial charge is 0.481 e. The van der Waals surface area contributed by atoms with Crippen molar-refractivity contribution in [2.45, 2.75) is 135 Å². The fourth-order valence-corrected chi connectivity index (χ4v) is 5.22. The van der Waals surface area contributed by atoms with Crippen LogP contribution in [0, 0.1) is 11.8 Å². The lowest BCUT2D eigenvalue weighted by molar-refractivity contribution is -0.143. The molecule has 0 aromatic rings. The van der Waals surface area contributed by atoms with Gasteiger partial charge in [0, 0.05) is 6.42 Å². The van der Waals surface area contributed by atoms with Crippen molar-refractivity contribution in [3.8, 4) is 0 Å². The number of aliphatic hydroxyl groups is 1. The molecule has 20 heteroatoms. The lowest BCUT2D eigenvalue weighted by Crippen LogP contribution is -2.61. The number of rotatable bonds is 28. The lowest BCUT2D eigenvalue weighted by atomic mass is 9.96. The molecule has 0 aliphatic rings. The van der Waals surface area contributed by atoms with Crippen LogP contribution in [0.15, 0.2) is 0 Å². The SMILES string of the molecule is CC[C@H](C)[C@H](NC(=O)[C@H](CCC(=O)O)NC(=O)[C@@H](NC(=O)[C@H](CCCCN)NC(=O)[C@@H](NC(=O)CN)[C@@H](C)O)C(C)C)C(=O)N[C@@H](CCCCN)C(=O)O. The highest BCUT2D eigenvalue weighted by Crippen LogP contribution is 2.13. The number of carbonyl (C=O) groups is 8. The monoisotopic (exact) mass is 773 g/mol.